The maximum absolute atomic E-state index is 7.67. The average molecular weight is 216 g/mol. The molecule has 1 saturated heterocycles. The van der Waals surface area contributed by atoms with E-state index in [9.17, 15) is 0 Å². The quantitative estimate of drug-likeness (QED) is 0.727. The molecule has 2 rings (SSSR count). The molecule has 0 radical (unpaired) electrons. The van der Waals surface area contributed by atoms with Gasteiger partial charge >= 0.3 is 0 Å². The van der Waals surface area contributed by atoms with Gasteiger partial charge < -0.3 is 14.6 Å². The SMILES string of the molecule is Cl.N=c1[nH]cccc1N1CCOCC1. The Balaban J connectivity index is 0.000000980. The molecule has 14 heavy (non-hydrogen) atoms. The number of morpholine rings is 1. The van der Waals surface area contributed by atoms with Gasteiger partial charge in [-0.1, -0.05) is 0 Å². The van der Waals surface area contributed by atoms with Gasteiger partial charge in [-0.15, -0.1) is 12.4 Å². The van der Waals surface area contributed by atoms with Crippen molar-refractivity contribution in [3.05, 3.63) is 23.8 Å². The van der Waals surface area contributed by atoms with E-state index in [-0.39, 0.29) is 12.4 Å². The fourth-order valence-corrected chi connectivity index (χ4v) is 1.50. The van der Waals surface area contributed by atoms with Gasteiger partial charge in [0.2, 0.25) is 0 Å². The van der Waals surface area contributed by atoms with Gasteiger partial charge in [0.05, 0.1) is 18.9 Å². The summed E-state index contributed by atoms with van der Waals surface area (Å²) in [5, 5.41) is 7.67. The van der Waals surface area contributed by atoms with Crippen LogP contribution in [0.2, 0.25) is 0 Å². The molecular formula is C9H14ClN3O. The number of aromatic amines is 1. The maximum atomic E-state index is 7.67. The molecule has 1 aliphatic rings. The van der Waals surface area contributed by atoms with E-state index in [0.29, 0.717) is 5.49 Å². The summed E-state index contributed by atoms with van der Waals surface area (Å²) in [6, 6.07) is 3.88. The van der Waals surface area contributed by atoms with Crippen molar-refractivity contribution in [3.8, 4) is 0 Å². The molecule has 78 valence electrons. The Kier molecular flexibility index (Phi) is 3.98. The number of pyridine rings is 1. The molecule has 4 nitrogen and oxygen atoms in total. The van der Waals surface area contributed by atoms with Crippen LogP contribution >= 0.6 is 12.4 Å². The van der Waals surface area contributed by atoms with Crippen molar-refractivity contribution in [2.45, 2.75) is 0 Å². The molecule has 0 amide bonds. The van der Waals surface area contributed by atoms with Crippen LogP contribution in [0.3, 0.4) is 0 Å². The van der Waals surface area contributed by atoms with E-state index in [1.54, 1.807) is 6.20 Å². The molecule has 1 aromatic heterocycles. The van der Waals surface area contributed by atoms with Crippen molar-refractivity contribution in [3.63, 3.8) is 0 Å². The van der Waals surface area contributed by atoms with Crippen LogP contribution in [-0.2, 0) is 4.74 Å². The van der Waals surface area contributed by atoms with Gasteiger partial charge in [0.25, 0.3) is 0 Å². The van der Waals surface area contributed by atoms with Gasteiger partial charge in [-0.2, -0.15) is 0 Å². The lowest BCUT2D eigenvalue weighted by Crippen LogP contribution is -2.39. The number of hydrogen-bond acceptors (Lipinski definition) is 3. The van der Waals surface area contributed by atoms with Crippen LogP contribution in [-0.4, -0.2) is 31.3 Å². The molecule has 1 aromatic rings. The number of H-pyrrole nitrogens is 1. The van der Waals surface area contributed by atoms with Crippen molar-refractivity contribution in [2.75, 3.05) is 31.2 Å². The third-order valence-corrected chi connectivity index (χ3v) is 2.19. The number of ether oxygens (including phenoxy) is 1. The monoisotopic (exact) mass is 215 g/mol. The summed E-state index contributed by atoms with van der Waals surface area (Å²) in [6.45, 7) is 3.27. The summed E-state index contributed by atoms with van der Waals surface area (Å²) >= 11 is 0. The number of hydrogen-bond donors (Lipinski definition) is 2. The minimum atomic E-state index is 0. The zero-order valence-electron chi connectivity index (χ0n) is 7.82. The van der Waals surface area contributed by atoms with E-state index < -0.39 is 0 Å². The van der Waals surface area contributed by atoms with Crippen LogP contribution in [0, 0.1) is 5.41 Å². The first-order valence-electron chi connectivity index (χ1n) is 4.43. The van der Waals surface area contributed by atoms with Crippen molar-refractivity contribution in [1.82, 2.24) is 4.98 Å². The first kappa shape index (κ1) is 11.1. The summed E-state index contributed by atoms with van der Waals surface area (Å²) in [7, 11) is 0. The molecule has 1 aliphatic heterocycles. The summed E-state index contributed by atoms with van der Waals surface area (Å²) in [6.07, 6.45) is 1.77. The van der Waals surface area contributed by atoms with E-state index in [4.69, 9.17) is 10.1 Å². The van der Waals surface area contributed by atoms with Crippen LogP contribution in [0.25, 0.3) is 0 Å². The Morgan fingerprint density at radius 3 is 2.71 bits per heavy atom. The number of nitrogens with zero attached hydrogens (tertiary/aromatic N) is 1. The third-order valence-electron chi connectivity index (χ3n) is 2.19. The van der Waals surface area contributed by atoms with Crippen LogP contribution < -0.4 is 10.4 Å². The lowest BCUT2D eigenvalue weighted by atomic mass is 10.3. The van der Waals surface area contributed by atoms with Crippen LogP contribution in [0.1, 0.15) is 0 Å². The number of halogens is 1. The molecule has 2 heterocycles. The molecular weight excluding hydrogens is 202 g/mol. The summed E-state index contributed by atoms with van der Waals surface area (Å²) in [5.41, 5.74) is 1.44. The van der Waals surface area contributed by atoms with Gasteiger partial charge in [0, 0.05) is 19.3 Å². The fourth-order valence-electron chi connectivity index (χ4n) is 1.50. The van der Waals surface area contributed by atoms with E-state index in [1.807, 2.05) is 12.1 Å². The number of rotatable bonds is 1. The van der Waals surface area contributed by atoms with Gasteiger partial charge in [-0.25, -0.2) is 0 Å². The second-order valence-electron chi connectivity index (χ2n) is 3.03. The molecule has 0 aromatic carbocycles. The highest BCUT2D eigenvalue weighted by Gasteiger charge is 2.11. The Hall–Kier alpha value is -1.00. The average Bonchev–Trinajstić information content (AvgIpc) is 2.20. The molecule has 1 fully saturated rings. The van der Waals surface area contributed by atoms with Crippen molar-refractivity contribution in [1.29, 1.82) is 5.41 Å². The topological polar surface area (TPSA) is 52.1 Å². The second-order valence-corrected chi connectivity index (χ2v) is 3.03. The lowest BCUT2D eigenvalue weighted by molar-refractivity contribution is 0.122. The van der Waals surface area contributed by atoms with Gasteiger partial charge in [-0.05, 0) is 12.1 Å². The standard InChI is InChI=1S/C9H13N3O.ClH/c10-9-8(2-1-3-11-9)12-4-6-13-7-5-12;/h1-3H,4-7H2,(H2,10,11);1H. The normalized spacial score (nSPS) is 16.1. The third kappa shape index (κ3) is 2.27. The zero-order chi connectivity index (χ0) is 9.10. The highest BCUT2D eigenvalue weighted by Crippen LogP contribution is 2.08. The number of anilines is 1. The molecule has 0 spiro atoms. The highest BCUT2D eigenvalue weighted by molar-refractivity contribution is 5.85. The zero-order valence-corrected chi connectivity index (χ0v) is 8.64. The second kappa shape index (κ2) is 5.02. The molecule has 0 aliphatic carbocycles. The Morgan fingerprint density at radius 1 is 1.36 bits per heavy atom. The molecule has 0 atom stereocenters. The fraction of sp³-hybridized carbons (Fsp3) is 0.444. The molecule has 0 bridgehead atoms. The van der Waals surface area contributed by atoms with E-state index in [0.717, 1.165) is 32.0 Å². The Bertz CT molecular complexity index is 333. The first-order valence-corrected chi connectivity index (χ1v) is 4.43. The predicted molar refractivity (Wildman–Crippen MR) is 56.9 cm³/mol. The number of nitrogens with one attached hydrogen (secondary N) is 2. The van der Waals surface area contributed by atoms with Gasteiger partial charge in [0.15, 0.2) is 0 Å². The van der Waals surface area contributed by atoms with Crippen molar-refractivity contribution >= 4 is 18.1 Å². The van der Waals surface area contributed by atoms with Crippen LogP contribution in [0.15, 0.2) is 18.3 Å². The van der Waals surface area contributed by atoms with E-state index in [1.165, 1.54) is 0 Å². The molecule has 2 N–H and O–H groups in total. The van der Waals surface area contributed by atoms with Gasteiger partial charge in [-0.3, -0.25) is 5.41 Å². The van der Waals surface area contributed by atoms with E-state index >= 15 is 0 Å². The maximum Gasteiger partial charge on any atom is 0.146 e. The largest absolute Gasteiger partial charge is 0.378 e. The summed E-state index contributed by atoms with van der Waals surface area (Å²) < 4.78 is 5.25. The summed E-state index contributed by atoms with van der Waals surface area (Å²) in [5.74, 6) is 0. The minimum absolute atomic E-state index is 0. The van der Waals surface area contributed by atoms with Crippen molar-refractivity contribution < 1.29 is 4.74 Å². The van der Waals surface area contributed by atoms with E-state index in [2.05, 4.69) is 9.88 Å². The highest BCUT2D eigenvalue weighted by atomic mass is 35.5. The predicted octanol–water partition coefficient (Wildman–Crippen LogP) is 0.753. The molecule has 5 heteroatoms. The van der Waals surface area contributed by atoms with Crippen LogP contribution in [0.4, 0.5) is 5.69 Å². The van der Waals surface area contributed by atoms with Crippen molar-refractivity contribution in [2.24, 2.45) is 0 Å². The van der Waals surface area contributed by atoms with Gasteiger partial charge in [0.1, 0.15) is 5.49 Å². The van der Waals surface area contributed by atoms with Crippen LogP contribution in [0.5, 0.6) is 0 Å². The number of aromatic nitrogens is 1. The Morgan fingerprint density at radius 2 is 2.07 bits per heavy atom. The first-order chi connectivity index (χ1) is 6.38. The summed E-state index contributed by atoms with van der Waals surface area (Å²) in [4.78, 5) is 5.05. The lowest BCUT2D eigenvalue weighted by Gasteiger charge is -2.28. The minimum Gasteiger partial charge on any atom is -0.378 e. The smallest absolute Gasteiger partial charge is 0.146 e. The molecule has 0 saturated carbocycles. The Labute approximate surface area is 88.8 Å². The molecule has 0 unspecified atom stereocenters.